The van der Waals surface area contributed by atoms with Crippen molar-refractivity contribution in [1.29, 1.82) is 0 Å². The average Bonchev–Trinajstić information content (AvgIpc) is 2.79. The van der Waals surface area contributed by atoms with E-state index in [2.05, 4.69) is 5.32 Å². The standard InChI is InChI=1S/C16H19FN2O2/c17-12-8-13-9-15(20)18-14(16(21)19(13)10-12)7-6-11-4-2-1-3-5-11/h1-5,12-14H,6-10H2,(H,18,20)/t12-,13-,14-/m0/s1. The molecule has 0 spiro atoms. The molecule has 0 aromatic heterocycles. The molecule has 1 aromatic rings. The van der Waals surface area contributed by atoms with Gasteiger partial charge in [0.05, 0.1) is 6.54 Å². The van der Waals surface area contributed by atoms with Crippen molar-refractivity contribution < 1.29 is 14.0 Å². The largest absolute Gasteiger partial charge is 0.344 e. The smallest absolute Gasteiger partial charge is 0.245 e. The van der Waals surface area contributed by atoms with Gasteiger partial charge in [0.1, 0.15) is 12.2 Å². The molecule has 0 bridgehead atoms. The Kier molecular flexibility index (Phi) is 3.90. The van der Waals surface area contributed by atoms with Crippen LogP contribution in [0.3, 0.4) is 0 Å². The fourth-order valence-corrected chi connectivity index (χ4v) is 3.20. The third-order valence-corrected chi connectivity index (χ3v) is 4.27. The summed E-state index contributed by atoms with van der Waals surface area (Å²) in [6.07, 6.45) is 0.766. The van der Waals surface area contributed by atoms with Crippen LogP contribution in [0.4, 0.5) is 4.39 Å². The maximum Gasteiger partial charge on any atom is 0.245 e. The zero-order valence-corrected chi connectivity index (χ0v) is 11.8. The minimum absolute atomic E-state index is 0.125. The highest BCUT2D eigenvalue weighted by Gasteiger charge is 2.41. The lowest BCUT2D eigenvalue weighted by atomic mass is 10.0. The number of hydrogen-bond acceptors (Lipinski definition) is 2. The second kappa shape index (κ2) is 5.84. The zero-order chi connectivity index (χ0) is 14.8. The normalized spacial score (nSPS) is 29.0. The molecule has 4 nitrogen and oxygen atoms in total. The molecule has 2 amide bonds. The summed E-state index contributed by atoms with van der Waals surface area (Å²) in [4.78, 5) is 25.9. The van der Waals surface area contributed by atoms with Gasteiger partial charge >= 0.3 is 0 Å². The van der Waals surface area contributed by atoms with E-state index in [9.17, 15) is 14.0 Å². The van der Waals surface area contributed by atoms with Crippen molar-refractivity contribution >= 4 is 11.8 Å². The summed E-state index contributed by atoms with van der Waals surface area (Å²) in [6.45, 7) is 0.125. The summed E-state index contributed by atoms with van der Waals surface area (Å²) in [5.74, 6) is -0.287. The lowest BCUT2D eigenvalue weighted by Crippen LogP contribution is -2.45. The van der Waals surface area contributed by atoms with Gasteiger partial charge in [-0.1, -0.05) is 30.3 Å². The number of carbonyl (C=O) groups excluding carboxylic acids is 2. The fourth-order valence-electron chi connectivity index (χ4n) is 3.20. The van der Waals surface area contributed by atoms with E-state index >= 15 is 0 Å². The first kappa shape index (κ1) is 14.0. The number of fused-ring (bicyclic) bond motifs is 1. The Hall–Kier alpha value is -1.91. The van der Waals surface area contributed by atoms with Crippen LogP contribution >= 0.6 is 0 Å². The van der Waals surface area contributed by atoms with Crippen LogP contribution in [0.1, 0.15) is 24.8 Å². The molecule has 2 heterocycles. The monoisotopic (exact) mass is 290 g/mol. The van der Waals surface area contributed by atoms with E-state index in [1.54, 1.807) is 4.90 Å². The van der Waals surface area contributed by atoms with Crippen molar-refractivity contribution in [1.82, 2.24) is 10.2 Å². The van der Waals surface area contributed by atoms with Crippen molar-refractivity contribution in [3.63, 3.8) is 0 Å². The summed E-state index contributed by atoms with van der Waals surface area (Å²) in [5, 5.41) is 2.79. The molecule has 0 unspecified atom stereocenters. The Morgan fingerprint density at radius 1 is 1.24 bits per heavy atom. The van der Waals surface area contributed by atoms with Gasteiger partial charge in [-0.25, -0.2) is 4.39 Å². The van der Waals surface area contributed by atoms with Gasteiger partial charge in [0, 0.05) is 18.9 Å². The molecule has 1 aromatic carbocycles. The third kappa shape index (κ3) is 3.06. The van der Waals surface area contributed by atoms with Crippen molar-refractivity contribution in [3.8, 4) is 0 Å². The van der Waals surface area contributed by atoms with Crippen LogP contribution < -0.4 is 5.32 Å². The molecule has 2 fully saturated rings. The van der Waals surface area contributed by atoms with Crippen molar-refractivity contribution in [2.24, 2.45) is 0 Å². The zero-order valence-electron chi connectivity index (χ0n) is 11.8. The Morgan fingerprint density at radius 3 is 2.76 bits per heavy atom. The number of rotatable bonds is 3. The molecule has 21 heavy (non-hydrogen) atoms. The summed E-state index contributed by atoms with van der Waals surface area (Å²) >= 11 is 0. The number of amides is 2. The van der Waals surface area contributed by atoms with Crippen LogP contribution in [-0.4, -0.2) is 41.5 Å². The summed E-state index contributed by atoms with van der Waals surface area (Å²) in [5.41, 5.74) is 1.13. The van der Waals surface area contributed by atoms with Crippen LogP contribution in [-0.2, 0) is 16.0 Å². The number of aryl methyl sites for hydroxylation is 1. The first-order valence-corrected chi connectivity index (χ1v) is 7.41. The van der Waals surface area contributed by atoms with Gasteiger partial charge in [-0.3, -0.25) is 9.59 Å². The molecule has 0 radical (unpaired) electrons. The predicted molar refractivity (Wildman–Crippen MR) is 76.3 cm³/mol. The van der Waals surface area contributed by atoms with E-state index in [1.807, 2.05) is 30.3 Å². The molecule has 0 aliphatic carbocycles. The van der Waals surface area contributed by atoms with Gasteiger partial charge in [-0.05, 0) is 18.4 Å². The fraction of sp³-hybridized carbons (Fsp3) is 0.500. The summed E-state index contributed by atoms with van der Waals surface area (Å²) < 4.78 is 13.5. The molecule has 1 N–H and O–H groups in total. The maximum atomic E-state index is 13.5. The number of nitrogens with one attached hydrogen (secondary N) is 1. The minimum atomic E-state index is -1.00. The molecule has 3 atom stereocenters. The Labute approximate surface area is 123 Å². The van der Waals surface area contributed by atoms with E-state index in [-0.39, 0.29) is 37.2 Å². The highest BCUT2D eigenvalue weighted by Crippen LogP contribution is 2.26. The first-order chi connectivity index (χ1) is 10.1. The molecular weight excluding hydrogens is 271 g/mol. The minimum Gasteiger partial charge on any atom is -0.344 e. The Bertz CT molecular complexity index is 534. The number of nitrogens with zero attached hydrogens (tertiary/aromatic N) is 1. The lowest BCUT2D eigenvalue weighted by Gasteiger charge is -2.23. The molecule has 5 heteroatoms. The van der Waals surface area contributed by atoms with Gasteiger partial charge in [0.25, 0.3) is 0 Å². The average molecular weight is 290 g/mol. The Morgan fingerprint density at radius 2 is 2.00 bits per heavy atom. The van der Waals surface area contributed by atoms with Crippen LogP contribution in [0.15, 0.2) is 30.3 Å². The third-order valence-electron chi connectivity index (χ3n) is 4.27. The topological polar surface area (TPSA) is 49.4 Å². The summed E-state index contributed by atoms with van der Waals surface area (Å²) in [7, 11) is 0. The number of benzene rings is 1. The quantitative estimate of drug-likeness (QED) is 0.916. The number of hydrogen-bond donors (Lipinski definition) is 1. The molecule has 3 rings (SSSR count). The van der Waals surface area contributed by atoms with E-state index in [0.29, 0.717) is 6.42 Å². The van der Waals surface area contributed by atoms with Crippen LogP contribution in [0.25, 0.3) is 0 Å². The van der Waals surface area contributed by atoms with Crippen molar-refractivity contribution in [3.05, 3.63) is 35.9 Å². The van der Waals surface area contributed by atoms with E-state index in [0.717, 1.165) is 12.0 Å². The predicted octanol–water partition coefficient (Wildman–Crippen LogP) is 1.45. The van der Waals surface area contributed by atoms with Gasteiger partial charge in [0.15, 0.2) is 0 Å². The molecule has 2 aliphatic rings. The van der Waals surface area contributed by atoms with E-state index in [4.69, 9.17) is 0 Å². The van der Waals surface area contributed by atoms with Gasteiger partial charge < -0.3 is 10.2 Å². The van der Waals surface area contributed by atoms with Crippen molar-refractivity contribution in [2.75, 3.05) is 6.54 Å². The molecule has 2 saturated heterocycles. The van der Waals surface area contributed by atoms with Crippen LogP contribution in [0.2, 0.25) is 0 Å². The van der Waals surface area contributed by atoms with Crippen molar-refractivity contribution in [2.45, 2.75) is 43.9 Å². The Balaban J connectivity index is 1.69. The van der Waals surface area contributed by atoms with Gasteiger partial charge in [-0.15, -0.1) is 0 Å². The highest BCUT2D eigenvalue weighted by molar-refractivity contribution is 5.90. The van der Waals surface area contributed by atoms with E-state index in [1.165, 1.54) is 0 Å². The van der Waals surface area contributed by atoms with Crippen LogP contribution in [0, 0.1) is 0 Å². The first-order valence-electron chi connectivity index (χ1n) is 7.41. The SMILES string of the molecule is O=C1C[C@@H]2C[C@H](F)CN2C(=O)[C@H](CCc2ccccc2)N1. The summed E-state index contributed by atoms with van der Waals surface area (Å²) in [6, 6.07) is 9.04. The number of halogens is 1. The molecule has 0 saturated carbocycles. The second-order valence-electron chi connectivity index (χ2n) is 5.83. The van der Waals surface area contributed by atoms with Gasteiger partial charge in [-0.2, -0.15) is 0 Å². The molecule has 2 aliphatic heterocycles. The maximum absolute atomic E-state index is 13.5. The number of carbonyl (C=O) groups is 2. The number of alkyl halides is 1. The van der Waals surface area contributed by atoms with E-state index < -0.39 is 12.2 Å². The van der Waals surface area contributed by atoms with Gasteiger partial charge in [0.2, 0.25) is 11.8 Å². The molecule has 112 valence electrons. The van der Waals surface area contributed by atoms with Crippen LogP contribution in [0.5, 0.6) is 0 Å². The molecular formula is C16H19FN2O2. The lowest BCUT2D eigenvalue weighted by molar-refractivity contribution is -0.134. The second-order valence-corrected chi connectivity index (χ2v) is 5.83. The highest BCUT2D eigenvalue weighted by atomic mass is 19.1.